The maximum Gasteiger partial charge on any atom is 0.224 e. The van der Waals surface area contributed by atoms with Crippen molar-refractivity contribution in [3.05, 3.63) is 23.8 Å². The van der Waals surface area contributed by atoms with Crippen molar-refractivity contribution in [1.29, 1.82) is 0 Å². The number of nitrogens with one attached hydrogen (secondary N) is 1. The van der Waals surface area contributed by atoms with Gasteiger partial charge in [0.1, 0.15) is 11.5 Å². The minimum atomic E-state index is -0.0124. The number of amides is 1. The summed E-state index contributed by atoms with van der Waals surface area (Å²) in [6.07, 6.45) is 0.296. The van der Waals surface area contributed by atoms with Crippen LogP contribution in [-0.4, -0.2) is 39.9 Å². The number of methoxy groups -OCH3 is 2. The third kappa shape index (κ3) is 3.42. The Balaban J connectivity index is 1.93. The fourth-order valence-corrected chi connectivity index (χ4v) is 2.10. The van der Waals surface area contributed by atoms with E-state index >= 15 is 0 Å². The summed E-state index contributed by atoms with van der Waals surface area (Å²) in [6.45, 7) is 4.16. The summed E-state index contributed by atoms with van der Waals surface area (Å²) in [5.74, 6) is 1.37. The molecule has 20 heavy (non-hydrogen) atoms. The van der Waals surface area contributed by atoms with E-state index in [1.807, 2.05) is 12.1 Å². The molecule has 0 bridgehead atoms. The lowest BCUT2D eigenvalue weighted by Crippen LogP contribution is -2.48. The first-order valence-electron chi connectivity index (χ1n) is 6.62. The van der Waals surface area contributed by atoms with Gasteiger partial charge in [0.05, 0.1) is 33.9 Å². The number of carbonyl (C=O) groups is 1. The molecule has 0 saturated carbocycles. The molecule has 1 N–H and O–H groups in total. The molecule has 0 spiro atoms. The summed E-state index contributed by atoms with van der Waals surface area (Å²) in [4.78, 5) is 12.0. The molecule has 1 aliphatic heterocycles. The van der Waals surface area contributed by atoms with E-state index in [-0.39, 0.29) is 11.3 Å². The Kier molecular flexibility index (Phi) is 4.49. The van der Waals surface area contributed by atoms with Gasteiger partial charge in [0, 0.05) is 23.6 Å². The molecule has 0 radical (unpaired) electrons. The van der Waals surface area contributed by atoms with Gasteiger partial charge in [-0.15, -0.1) is 0 Å². The maximum absolute atomic E-state index is 12.0. The van der Waals surface area contributed by atoms with Gasteiger partial charge in [0.2, 0.25) is 5.91 Å². The van der Waals surface area contributed by atoms with Gasteiger partial charge in [-0.25, -0.2) is 0 Å². The number of ether oxygens (including phenoxy) is 3. The normalized spacial score (nSPS) is 16.1. The topological polar surface area (TPSA) is 56.8 Å². The molecular weight excluding hydrogens is 258 g/mol. The van der Waals surface area contributed by atoms with Gasteiger partial charge < -0.3 is 19.5 Å². The van der Waals surface area contributed by atoms with Crippen molar-refractivity contribution in [3.8, 4) is 11.5 Å². The number of hydrogen-bond donors (Lipinski definition) is 1. The zero-order valence-corrected chi connectivity index (χ0v) is 12.2. The smallest absolute Gasteiger partial charge is 0.224 e. The van der Waals surface area contributed by atoms with Gasteiger partial charge in [0.25, 0.3) is 0 Å². The number of benzene rings is 1. The Morgan fingerprint density at radius 2 is 2.10 bits per heavy atom. The highest BCUT2D eigenvalue weighted by Crippen LogP contribution is 2.26. The van der Waals surface area contributed by atoms with E-state index in [0.717, 1.165) is 5.56 Å². The Hall–Kier alpha value is -1.75. The zero-order valence-electron chi connectivity index (χ0n) is 12.2. The third-order valence-electron chi connectivity index (χ3n) is 3.46. The largest absolute Gasteiger partial charge is 0.497 e. The minimum Gasteiger partial charge on any atom is -0.497 e. The lowest BCUT2D eigenvalue weighted by Gasteiger charge is -2.38. The summed E-state index contributed by atoms with van der Waals surface area (Å²) in [6, 6.07) is 5.46. The van der Waals surface area contributed by atoms with E-state index < -0.39 is 0 Å². The fourth-order valence-electron chi connectivity index (χ4n) is 2.10. The van der Waals surface area contributed by atoms with E-state index in [9.17, 15) is 4.79 Å². The number of rotatable bonds is 6. The fraction of sp³-hybridized carbons (Fsp3) is 0.533. The average molecular weight is 279 g/mol. The Bertz CT molecular complexity index is 483. The Labute approximate surface area is 119 Å². The molecular formula is C15H21NO4. The predicted octanol–water partition coefficient (Wildman–Crippen LogP) is 1.40. The summed E-state index contributed by atoms with van der Waals surface area (Å²) >= 11 is 0. The van der Waals surface area contributed by atoms with Crippen LogP contribution in [0, 0.1) is 5.41 Å². The van der Waals surface area contributed by atoms with Crippen LogP contribution in [0.3, 0.4) is 0 Å². The van der Waals surface area contributed by atoms with Crippen LogP contribution in [0.2, 0.25) is 0 Å². The highest BCUT2D eigenvalue weighted by Gasteiger charge is 2.33. The zero-order chi connectivity index (χ0) is 14.6. The monoisotopic (exact) mass is 279 g/mol. The van der Waals surface area contributed by atoms with E-state index in [1.165, 1.54) is 0 Å². The first kappa shape index (κ1) is 14.7. The second-order valence-electron chi connectivity index (χ2n) is 5.43. The van der Waals surface area contributed by atoms with Crippen LogP contribution in [-0.2, 0) is 16.0 Å². The minimum absolute atomic E-state index is 0.0124. The molecule has 2 rings (SSSR count). The van der Waals surface area contributed by atoms with Crippen LogP contribution in [0.25, 0.3) is 0 Å². The molecule has 1 fully saturated rings. The van der Waals surface area contributed by atoms with Crippen LogP contribution in [0.15, 0.2) is 18.2 Å². The van der Waals surface area contributed by atoms with Crippen LogP contribution < -0.4 is 14.8 Å². The highest BCUT2D eigenvalue weighted by atomic mass is 16.5. The van der Waals surface area contributed by atoms with Crippen LogP contribution in [0.5, 0.6) is 11.5 Å². The second kappa shape index (κ2) is 6.13. The molecule has 0 aromatic heterocycles. The van der Waals surface area contributed by atoms with Crippen LogP contribution in [0.1, 0.15) is 12.5 Å². The summed E-state index contributed by atoms with van der Waals surface area (Å²) in [7, 11) is 3.19. The predicted molar refractivity (Wildman–Crippen MR) is 75.2 cm³/mol. The molecule has 1 aromatic carbocycles. The van der Waals surface area contributed by atoms with Gasteiger partial charge in [-0.05, 0) is 6.07 Å². The molecule has 1 heterocycles. The molecule has 1 aliphatic rings. The van der Waals surface area contributed by atoms with Crippen molar-refractivity contribution in [1.82, 2.24) is 5.32 Å². The molecule has 5 heteroatoms. The SMILES string of the molecule is COc1ccc(CC(=O)NCC2(C)COC2)c(OC)c1. The molecule has 110 valence electrons. The van der Waals surface area contributed by atoms with Crippen molar-refractivity contribution >= 4 is 5.91 Å². The first-order valence-corrected chi connectivity index (χ1v) is 6.62. The van der Waals surface area contributed by atoms with Crippen LogP contribution >= 0.6 is 0 Å². The number of carbonyl (C=O) groups excluding carboxylic acids is 1. The van der Waals surface area contributed by atoms with Gasteiger partial charge in [0.15, 0.2) is 0 Å². The lowest BCUT2D eigenvalue weighted by molar-refractivity contribution is -0.126. The summed E-state index contributed by atoms with van der Waals surface area (Å²) in [5.41, 5.74) is 0.931. The average Bonchev–Trinajstić information content (AvgIpc) is 2.43. The summed E-state index contributed by atoms with van der Waals surface area (Å²) < 4.78 is 15.6. The van der Waals surface area contributed by atoms with E-state index in [4.69, 9.17) is 14.2 Å². The van der Waals surface area contributed by atoms with Crippen molar-refractivity contribution in [2.75, 3.05) is 34.0 Å². The number of hydrogen-bond acceptors (Lipinski definition) is 4. The second-order valence-corrected chi connectivity index (χ2v) is 5.43. The van der Waals surface area contributed by atoms with Gasteiger partial charge in [-0.2, -0.15) is 0 Å². The standard InChI is InChI=1S/C15H21NO4/c1-15(9-20-10-15)8-16-14(17)6-11-4-5-12(18-2)7-13(11)19-3/h4-5,7H,6,8-10H2,1-3H3,(H,16,17). The molecule has 1 amide bonds. The molecule has 1 aromatic rings. The van der Waals surface area contributed by atoms with Crippen molar-refractivity contribution in [2.24, 2.45) is 5.41 Å². The quantitative estimate of drug-likeness (QED) is 0.855. The molecule has 0 unspecified atom stereocenters. The van der Waals surface area contributed by atoms with Gasteiger partial charge in [-0.1, -0.05) is 13.0 Å². The molecule has 1 saturated heterocycles. The van der Waals surface area contributed by atoms with Crippen molar-refractivity contribution < 1.29 is 19.0 Å². The van der Waals surface area contributed by atoms with Crippen molar-refractivity contribution in [2.45, 2.75) is 13.3 Å². The van der Waals surface area contributed by atoms with E-state index in [0.29, 0.717) is 37.7 Å². The van der Waals surface area contributed by atoms with Gasteiger partial charge in [-0.3, -0.25) is 4.79 Å². The van der Waals surface area contributed by atoms with E-state index in [2.05, 4.69) is 12.2 Å². The maximum atomic E-state index is 12.0. The Morgan fingerprint density at radius 3 is 2.65 bits per heavy atom. The molecule has 0 aliphatic carbocycles. The molecule has 0 atom stereocenters. The summed E-state index contributed by atoms with van der Waals surface area (Å²) in [5, 5.41) is 2.95. The van der Waals surface area contributed by atoms with Gasteiger partial charge >= 0.3 is 0 Å². The molecule has 5 nitrogen and oxygen atoms in total. The Morgan fingerprint density at radius 1 is 1.35 bits per heavy atom. The lowest BCUT2D eigenvalue weighted by atomic mass is 9.89. The van der Waals surface area contributed by atoms with E-state index in [1.54, 1.807) is 20.3 Å². The highest BCUT2D eigenvalue weighted by molar-refractivity contribution is 5.79. The third-order valence-corrected chi connectivity index (χ3v) is 3.46. The van der Waals surface area contributed by atoms with Crippen molar-refractivity contribution in [3.63, 3.8) is 0 Å². The first-order chi connectivity index (χ1) is 9.56. The van der Waals surface area contributed by atoms with Crippen LogP contribution in [0.4, 0.5) is 0 Å².